The van der Waals surface area contributed by atoms with E-state index in [4.69, 9.17) is 5.73 Å². The first kappa shape index (κ1) is 12.3. The maximum Gasteiger partial charge on any atom is 0.181 e. The van der Waals surface area contributed by atoms with Crippen molar-refractivity contribution in [1.82, 2.24) is 9.88 Å². The van der Waals surface area contributed by atoms with Gasteiger partial charge in [-0.25, -0.2) is 4.98 Å². The number of aromatic nitrogens is 1. The van der Waals surface area contributed by atoms with Crippen molar-refractivity contribution >= 4 is 38.4 Å². The van der Waals surface area contributed by atoms with Crippen LogP contribution in [0.1, 0.15) is 12.5 Å². The zero-order valence-electron chi connectivity index (χ0n) is 10.4. The molecule has 1 aromatic carbocycles. The van der Waals surface area contributed by atoms with Gasteiger partial charge in [-0.3, -0.25) is 4.90 Å². The van der Waals surface area contributed by atoms with E-state index in [1.165, 1.54) is 28.3 Å². The summed E-state index contributed by atoms with van der Waals surface area (Å²) in [5.74, 6) is 2.50. The number of benzene rings is 1. The highest BCUT2D eigenvalue weighted by Gasteiger charge is 2.18. The summed E-state index contributed by atoms with van der Waals surface area (Å²) >= 11 is 3.63. The van der Waals surface area contributed by atoms with Gasteiger partial charge in [0.1, 0.15) is 0 Å². The molecule has 1 fully saturated rings. The lowest BCUT2D eigenvalue weighted by atomic mass is 10.2. The first-order valence-corrected chi connectivity index (χ1v) is 8.16. The summed E-state index contributed by atoms with van der Waals surface area (Å²) in [4.78, 5) is 6.85. The Labute approximate surface area is 115 Å². The fraction of sp³-hybridized carbons (Fsp3) is 0.462. The second-order valence-electron chi connectivity index (χ2n) is 4.75. The highest BCUT2D eigenvalue weighted by molar-refractivity contribution is 7.99. The van der Waals surface area contributed by atoms with Crippen LogP contribution in [0.5, 0.6) is 0 Å². The lowest BCUT2D eigenvalue weighted by molar-refractivity contribution is 0.224. The molecule has 5 heteroatoms. The molecule has 1 atom stereocenters. The van der Waals surface area contributed by atoms with Crippen molar-refractivity contribution in [2.75, 3.05) is 23.8 Å². The fourth-order valence-corrected chi connectivity index (χ4v) is 4.20. The maximum absolute atomic E-state index is 5.74. The molecule has 1 aromatic heterocycles. The van der Waals surface area contributed by atoms with Crippen molar-refractivity contribution in [2.45, 2.75) is 19.5 Å². The Morgan fingerprint density at radius 1 is 1.50 bits per heavy atom. The van der Waals surface area contributed by atoms with E-state index in [0.29, 0.717) is 11.2 Å². The summed E-state index contributed by atoms with van der Waals surface area (Å²) in [5.41, 5.74) is 8.12. The van der Waals surface area contributed by atoms with Crippen molar-refractivity contribution in [3.05, 3.63) is 23.8 Å². The Morgan fingerprint density at radius 3 is 3.22 bits per heavy atom. The Balaban J connectivity index is 1.81. The molecule has 3 nitrogen and oxygen atoms in total. The average Bonchev–Trinajstić information content (AvgIpc) is 2.71. The average molecular weight is 279 g/mol. The molecule has 0 bridgehead atoms. The van der Waals surface area contributed by atoms with Crippen LogP contribution in [0.4, 0.5) is 5.13 Å². The summed E-state index contributed by atoms with van der Waals surface area (Å²) in [6.07, 6.45) is 0. The van der Waals surface area contributed by atoms with Gasteiger partial charge in [0.25, 0.3) is 0 Å². The van der Waals surface area contributed by atoms with Gasteiger partial charge in [0.05, 0.1) is 10.2 Å². The van der Waals surface area contributed by atoms with Crippen molar-refractivity contribution in [1.29, 1.82) is 0 Å². The highest BCUT2D eigenvalue weighted by Crippen LogP contribution is 2.26. The van der Waals surface area contributed by atoms with Crippen molar-refractivity contribution < 1.29 is 0 Å². The molecule has 0 amide bonds. The molecule has 2 aromatic rings. The van der Waals surface area contributed by atoms with Crippen molar-refractivity contribution in [2.24, 2.45) is 0 Å². The van der Waals surface area contributed by atoms with Crippen LogP contribution in [0, 0.1) is 0 Å². The van der Waals surface area contributed by atoms with Crippen LogP contribution in [0.3, 0.4) is 0 Å². The summed E-state index contributed by atoms with van der Waals surface area (Å²) in [6.45, 7) is 4.54. The number of hydrogen-bond donors (Lipinski definition) is 1. The van der Waals surface area contributed by atoms with E-state index < -0.39 is 0 Å². The minimum atomic E-state index is 0.657. The van der Waals surface area contributed by atoms with Crippen LogP contribution < -0.4 is 5.73 Å². The molecule has 3 rings (SSSR count). The molecule has 2 heterocycles. The van der Waals surface area contributed by atoms with Gasteiger partial charge in [-0.05, 0) is 24.6 Å². The van der Waals surface area contributed by atoms with Gasteiger partial charge < -0.3 is 5.73 Å². The summed E-state index contributed by atoms with van der Waals surface area (Å²) in [7, 11) is 0. The number of thiazole rings is 1. The number of rotatable bonds is 2. The first-order chi connectivity index (χ1) is 8.72. The molecule has 0 saturated carbocycles. The summed E-state index contributed by atoms with van der Waals surface area (Å²) < 4.78 is 1.20. The largest absolute Gasteiger partial charge is 0.375 e. The quantitative estimate of drug-likeness (QED) is 0.918. The minimum absolute atomic E-state index is 0.657. The monoisotopic (exact) mass is 279 g/mol. The van der Waals surface area contributed by atoms with Crippen molar-refractivity contribution in [3.8, 4) is 0 Å². The molecule has 1 saturated heterocycles. The number of nitrogen functional groups attached to an aromatic ring is 1. The number of anilines is 1. The minimum Gasteiger partial charge on any atom is -0.375 e. The zero-order valence-corrected chi connectivity index (χ0v) is 12.1. The van der Waals surface area contributed by atoms with E-state index >= 15 is 0 Å². The second kappa shape index (κ2) is 5.07. The van der Waals surface area contributed by atoms with Crippen LogP contribution in [-0.4, -0.2) is 34.0 Å². The van der Waals surface area contributed by atoms with Crippen LogP contribution in [0.25, 0.3) is 10.2 Å². The molecule has 18 heavy (non-hydrogen) atoms. The normalized spacial score (nSPS) is 21.5. The predicted octanol–water partition coefficient (Wildman–Crippen LogP) is 2.82. The van der Waals surface area contributed by atoms with E-state index in [-0.39, 0.29) is 0 Å². The number of fused-ring (bicyclic) bond motifs is 1. The number of nitrogens with two attached hydrogens (primary N) is 1. The Kier molecular flexibility index (Phi) is 3.46. The number of thioether (sulfide) groups is 1. The van der Waals surface area contributed by atoms with Gasteiger partial charge >= 0.3 is 0 Å². The Morgan fingerprint density at radius 2 is 2.39 bits per heavy atom. The molecule has 0 spiro atoms. The topological polar surface area (TPSA) is 42.2 Å². The zero-order chi connectivity index (χ0) is 12.5. The third-order valence-corrected chi connectivity index (χ3v) is 5.40. The molecular weight excluding hydrogens is 262 g/mol. The lowest BCUT2D eigenvalue weighted by Crippen LogP contribution is -2.39. The van der Waals surface area contributed by atoms with Crippen LogP contribution in [-0.2, 0) is 6.54 Å². The van der Waals surface area contributed by atoms with E-state index in [2.05, 4.69) is 46.8 Å². The fourth-order valence-electron chi connectivity index (χ4n) is 2.32. The summed E-state index contributed by atoms with van der Waals surface area (Å²) in [5, 5.41) is 0.657. The van der Waals surface area contributed by atoms with Crippen LogP contribution in [0.15, 0.2) is 18.2 Å². The molecule has 96 valence electrons. The highest BCUT2D eigenvalue weighted by atomic mass is 32.2. The van der Waals surface area contributed by atoms with Gasteiger partial charge in [-0.2, -0.15) is 11.8 Å². The molecule has 1 aliphatic heterocycles. The van der Waals surface area contributed by atoms with E-state index in [9.17, 15) is 0 Å². The standard InChI is InChI=1S/C13H17N3S2/c1-9-8-17-5-4-16(9)7-10-2-3-11-12(6-10)18-13(14)15-11/h2-3,6,9H,4-5,7-8H2,1H3,(H2,14,15). The third kappa shape index (κ3) is 2.48. The number of hydrogen-bond acceptors (Lipinski definition) is 5. The van der Waals surface area contributed by atoms with Crippen molar-refractivity contribution in [3.63, 3.8) is 0 Å². The van der Waals surface area contributed by atoms with Gasteiger partial charge in [0, 0.05) is 30.6 Å². The predicted molar refractivity (Wildman–Crippen MR) is 81.2 cm³/mol. The third-order valence-electron chi connectivity index (χ3n) is 3.36. The van der Waals surface area contributed by atoms with Gasteiger partial charge in [-0.15, -0.1) is 0 Å². The molecule has 1 unspecified atom stereocenters. The summed E-state index contributed by atoms with van der Waals surface area (Å²) in [6, 6.07) is 7.17. The first-order valence-electron chi connectivity index (χ1n) is 6.19. The maximum atomic E-state index is 5.74. The van der Waals surface area contributed by atoms with E-state index in [1.54, 1.807) is 11.3 Å². The molecule has 1 aliphatic rings. The molecular formula is C13H17N3S2. The van der Waals surface area contributed by atoms with E-state index in [0.717, 1.165) is 12.1 Å². The lowest BCUT2D eigenvalue weighted by Gasteiger charge is -2.32. The van der Waals surface area contributed by atoms with Crippen LogP contribution in [0.2, 0.25) is 0 Å². The molecule has 0 radical (unpaired) electrons. The molecule has 2 N–H and O–H groups in total. The Bertz CT molecular complexity index is 552. The smallest absolute Gasteiger partial charge is 0.181 e. The Hall–Kier alpha value is -0.780. The van der Waals surface area contributed by atoms with Gasteiger partial charge in [0.15, 0.2) is 5.13 Å². The SMILES string of the molecule is CC1CSCCN1Cc1ccc2nc(N)sc2c1. The number of nitrogens with zero attached hydrogens (tertiary/aromatic N) is 2. The van der Waals surface area contributed by atoms with Crippen LogP contribution >= 0.6 is 23.1 Å². The van der Waals surface area contributed by atoms with E-state index in [1.807, 2.05) is 0 Å². The van der Waals surface area contributed by atoms with Gasteiger partial charge in [0.2, 0.25) is 0 Å². The van der Waals surface area contributed by atoms with Gasteiger partial charge in [-0.1, -0.05) is 17.4 Å². The molecule has 0 aliphatic carbocycles. The second-order valence-corrected chi connectivity index (χ2v) is 6.96.